The summed E-state index contributed by atoms with van der Waals surface area (Å²) in [6.07, 6.45) is 0.402. The van der Waals surface area contributed by atoms with Crippen molar-refractivity contribution in [3.8, 4) is 16.9 Å². The molecule has 12 heteroatoms. The second-order valence-corrected chi connectivity index (χ2v) is 13.9. The first-order chi connectivity index (χ1) is 27.6. The lowest BCUT2D eigenvalue weighted by molar-refractivity contribution is -0.142. The van der Waals surface area contributed by atoms with E-state index in [2.05, 4.69) is 21.3 Å². The molecule has 0 fully saturated rings. The lowest BCUT2D eigenvalue weighted by atomic mass is 9.98. The first-order valence-corrected chi connectivity index (χ1v) is 18.7. The van der Waals surface area contributed by atoms with Gasteiger partial charge in [0.2, 0.25) is 17.7 Å². The second-order valence-electron chi connectivity index (χ2n) is 13.9. The Morgan fingerprint density at radius 2 is 1.12 bits per heavy atom. The monoisotopic (exact) mass is 770 g/mol. The Bertz CT molecular complexity index is 2150. The van der Waals surface area contributed by atoms with Gasteiger partial charge in [-0.3, -0.25) is 19.2 Å². The molecule has 57 heavy (non-hydrogen) atoms. The van der Waals surface area contributed by atoms with Gasteiger partial charge in [0.15, 0.2) is 6.61 Å². The number of fused-ring (bicyclic) bond motifs is 16. The van der Waals surface area contributed by atoms with Crippen molar-refractivity contribution in [3.63, 3.8) is 0 Å². The van der Waals surface area contributed by atoms with E-state index in [0.717, 1.165) is 16.7 Å². The second kappa shape index (κ2) is 19.2. The normalized spacial score (nSPS) is 19.4. The van der Waals surface area contributed by atoms with Crippen molar-refractivity contribution in [2.45, 2.75) is 56.3 Å². The zero-order valence-electron chi connectivity index (χ0n) is 31.0. The third kappa shape index (κ3) is 11.6. The lowest BCUT2D eigenvalue weighted by Crippen LogP contribution is -2.59. The molecule has 5 N–H and O–H groups in total. The highest BCUT2D eigenvalue weighted by molar-refractivity contribution is 5.95. The molecule has 7 rings (SSSR count). The van der Waals surface area contributed by atoms with Gasteiger partial charge in [-0.25, -0.2) is 9.18 Å². The van der Waals surface area contributed by atoms with Gasteiger partial charge in [0, 0.05) is 19.3 Å². The third-order valence-corrected chi connectivity index (χ3v) is 9.68. The van der Waals surface area contributed by atoms with Crippen molar-refractivity contribution in [3.05, 3.63) is 162 Å². The number of halogens is 1. The molecule has 5 aromatic rings. The number of aliphatic carboxylic acids is 1. The smallest absolute Gasteiger partial charge is 0.326 e. The zero-order valence-corrected chi connectivity index (χ0v) is 31.0. The molecule has 0 saturated heterocycles. The summed E-state index contributed by atoms with van der Waals surface area (Å²) in [4.78, 5) is 68.1. The van der Waals surface area contributed by atoms with Crippen LogP contribution >= 0.6 is 0 Å². The Morgan fingerprint density at radius 3 is 1.74 bits per heavy atom. The van der Waals surface area contributed by atoms with Crippen molar-refractivity contribution < 1.29 is 38.2 Å². The Morgan fingerprint density at radius 1 is 0.596 bits per heavy atom. The summed E-state index contributed by atoms with van der Waals surface area (Å²) in [5, 5.41) is 21.0. The maximum atomic E-state index is 14.3. The minimum absolute atomic E-state index is 0.00568. The average molecular weight is 771 g/mol. The number of carboxylic acids is 1. The van der Waals surface area contributed by atoms with Crippen LogP contribution in [0.5, 0.6) is 5.75 Å². The minimum atomic E-state index is -1.33. The fourth-order valence-electron chi connectivity index (χ4n) is 6.56. The van der Waals surface area contributed by atoms with Crippen LogP contribution in [0.1, 0.15) is 28.7 Å². The van der Waals surface area contributed by atoms with Gasteiger partial charge in [0.05, 0.1) is 0 Å². The predicted molar refractivity (Wildman–Crippen MR) is 211 cm³/mol. The summed E-state index contributed by atoms with van der Waals surface area (Å²) in [6.45, 7) is -0.457. The molecule has 0 aliphatic carbocycles. The maximum absolute atomic E-state index is 14.3. The van der Waals surface area contributed by atoms with Crippen LogP contribution in [-0.4, -0.2) is 65.5 Å². The number of benzene rings is 5. The highest BCUT2D eigenvalue weighted by Gasteiger charge is 2.32. The number of hydrogen-bond acceptors (Lipinski definition) is 6. The lowest BCUT2D eigenvalue weighted by Gasteiger charge is -2.26. The van der Waals surface area contributed by atoms with Crippen LogP contribution in [0.2, 0.25) is 0 Å². The Balaban J connectivity index is 1.34. The van der Waals surface area contributed by atoms with Gasteiger partial charge in [-0.2, -0.15) is 0 Å². The molecule has 2 aliphatic heterocycles. The van der Waals surface area contributed by atoms with Crippen LogP contribution in [0.15, 0.2) is 133 Å². The minimum Gasteiger partial charge on any atom is -0.484 e. The van der Waals surface area contributed by atoms with Gasteiger partial charge in [-0.05, 0) is 70.5 Å². The molecule has 0 aromatic heterocycles. The van der Waals surface area contributed by atoms with Crippen molar-refractivity contribution in [1.29, 1.82) is 0 Å². The van der Waals surface area contributed by atoms with E-state index >= 15 is 0 Å². The van der Waals surface area contributed by atoms with E-state index in [0.29, 0.717) is 28.9 Å². The zero-order chi connectivity index (χ0) is 40.1. The van der Waals surface area contributed by atoms with Gasteiger partial charge < -0.3 is 31.1 Å². The number of amides is 4. The molecule has 0 spiro atoms. The van der Waals surface area contributed by atoms with Crippen LogP contribution < -0.4 is 26.0 Å². The molecule has 11 nitrogen and oxygen atoms in total. The van der Waals surface area contributed by atoms with Crippen molar-refractivity contribution in [2.24, 2.45) is 0 Å². The molecular formula is C45H43FN4O7. The molecule has 2 heterocycles. The number of carboxylic acid groups (broad SMARTS) is 1. The fraction of sp³-hybridized carbons (Fsp3) is 0.222. The molecule has 2 bridgehead atoms. The predicted octanol–water partition coefficient (Wildman–Crippen LogP) is 4.57. The van der Waals surface area contributed by atoms with E-state index in [9.17, 15) is 33.5 Å². The Kier molecular flexibility index (Phi) is 13.4. The van der Waals surface area contributed by atoms with Crippen molar-refractivity contribution >= 4 is 29.6 Å². The van der Waals surface area contributed by atoms with Gasteiger partial charge in [0.25, 0.3) is 5.91 Å². The summed E-state index contributed by atoms with van der Waals surface area (Å²) in [5.74, 6) is -4.15. The number of carbonyl (C=O) groups is 5. The topological polar surface area (TPSA) is 163 Å². The SMILES string of the molecule is O=C1COc2ccc(cc2)C[C@@H](C(=O)O)NC(=O)[C@H](CCc2ccccc2)NC(=O)[C@@H](Cc2ccc(-c3ccccc3)cc2)NC(=O)[C@H](Cc2ccc(F)cc2)N1. The van der Waals surface area contributed by atoms with Crippen LogP contribution in [-0.2, 0) is 49.7 Å². The first-order valence-electron chi connectivity index (χ1n) is 18.7. The van der Waals surface area contributed by atoms with E-state index in [1.165, 1.54) is 24.3 Å². The summed E-state index contributed by atoms with van der Waals surface area (Å²) < 4.78 is 19.5. The number of nitrogens with one attached hydrogen (secondary N) is 4. The third-order valence-electron chi connectivity index (χ3n) is 9.68. The molecule has 4 atom stereocenters. The summed E-state index contributed by atoms with van der Waals surface area (Å²) in [7, 11) is 0. The number of hydrogen-bond donors (Lipinski definition) is 5. The van der Waals surface area contributed by atoms with Crippen LogP contribution in [0, 0.1) is 5.82 Å². The maximum Gasteiger partial charge on any atom is 0.326 e. The molecule has 0 saturated carbocycles. The van der Waals surface area contributed by atoms with Crippen molar-refractivity contribution in [2.75, 3.05) is 6.61 Å². The van der Waals surface area contributed by atoms with Gasteiger partial charge in [0.1, 0.15) is 35.7 Å². The Labute approximate surface area is 329 Å². The Hall–Kier alpha value is -6.82. The molecule has 0 radical (unpaired) electrons. The largest absolute Gasteiger partial charge is 0.484 e. The number of aryl methyl sites for hydroxylation is 1. The highest BCUT2D eigenvalue weighted by atomic mass is 19.1. The van der Waals surface area contributed by atoms with E-state index in [-0.39, 0.29) is 25.7 Å². The molecule has 4 amide bonds. The fourth-order valence-corrected chi connectivity index (χ4v) is 6.56. The van der Waals surface area contributed by atoms with Crippen LogP contribution in [0.4, 0.5) is 4.39 Å². The van der Waals surface area contributed by atoms with Crippen LogP contribution in [0.25, 0.3) is 11.1 Å². The van der Waals surface area contributed by atoms with E-state index in [4.69, 9.17) is 4.74 Å². The van der Waals surface area contributed by atoms with E-state index in [1.807, 2.05) is 84.9 Å². The number of ether oxygens (including phenoxy) is 1. The summed E-state index contributed by atoms with van der Waals surface area (Å²) >= 11 is 0. The number of carbonyl (C=O) groups excluding carboxylic acids is 4. The van der Waals surface area contributed by atoms with Gasteiger partial charge >= 0.3 is 5.97 Å². The number of rotatable bonds is 9. The molecule has 5 aromatic carbocycles. The van der Waals surface area contributed by atoms with E-state index in [1.54, 1.807) is 24.3 Å². The quantitative estimate of drug-likeness (QED) is 0.137. The molecular weight excluding hydrogens is 728 g/mol. The molecule has 2 aliphatic rings. The summed E-state index contributed by atoms with van der Waals surface area (Å²) in [5.41, 5.74) is 4.66. The molecule has 0 unspecified atom stereocenters. The average Bonchev–Trinajstić information content (AvgIpc) is 3.22. The summed E-state index contributed by atoms with van der Waals surface area (Å²) in [6, 6.07) is 33.5. The van der Waals surface area contributed by atoms with Crippen LogP contribution in [0.3, 0.4) is 0 Å². The first kappa shape index (κ1) is 39.9. The van der Waals surface area contributed by atoms with Gasteiger partial charge in [-0.15, -0.1) is 0 Å². The standard InChI is InChI=1S/C45H43FN4O7/c46-35-20-13-31(14-21-35)25-38-43(53)49-39(26-30-11-18-34(19-12-30)33-9-5-2-6-10-33)44(54)48-37(24-17-29-7-3-1-4-8-29)42(52)50-40(45(55)56)27-32-15-22-36(23-16-32)57-28-41(51)47-38/h1-16,18-23,37-40H,17,24-28H2,(H,47,51)(H,48,54)(H,49,53)(H,50,52)(H,55,56)/t37-,38-,39+,40-/m0/s1. The highest BCUT2D eigenvalue weighted by Crippen LogP contribution is 2.20. The van der Waals surface area contributed by atoms with Crippen molar-refractivity contribution in [1.82, 2.24) is 21.3 Å². The molecule has 292 valence electrons. The van der Waals surface area contributed by atoms with E-state index < -0.39 is 66.2 Å². The van der Waals surface area contributed by atoms with Gasteiger partial charge in [-0.1, -0.05) is 109 Å².